The molecule has 4 nitrogen and oxygen atoms in total. The third kappa shape index (κ3) is 4.38. The second-order valence-corrected chi connectivity index (χ2v) is 4.48. The summed E-state index contributed by atoms with van der Waals surface area (Å²) in [5.41, 5.74) is 0.591. The molecule has 0 N–H and O–H groups in total. The Morgan fingerprint density at radius 3 is 2.74 bits per heavy atom. The highest BCUT2D eigenvalue weighted by Gasteiger charge is 2.16. The highest BCUT2D eigenvalue weighted by Crippen LogP contribution is 2.18. The van der Waals surface area contributed by atoms with E-state index < -0.39 is 0 Å². The van der Waals surface area contributed by atoms with Crippen molar-refractivity contribution in [1.29, 1.82) is 5.26 Å². The fourth-order valence-electron chi connectivity index (χ4n) is 1.90. The van der Waals surface area contributed by atoms with Gasteiger partial charge in [0.25, 0.3) is 0 Å². The van der Waals surface area contributed by atoms with Gasteiger partial charge in [0.1, 0.15) is 5.75 Å². The van der Waals surface area contributed by atoms with Gasteiger partial charge in [0, 0.05) is 6.54 Å². The monoisotopic (exact) mass is 260 g/mol. The van der Waals surface area contributed by atoms with Crippen LogP contribution in [0.2, 0.25) is 0 Å². The van der Waals surface area contributed by atoms with Crippen LogP contribution in [0, 0.1) is 17.2 Å². The maximum absolute atomic E-state index is 12.3. The molecule has 0 fully saturated rings. The van der Waals surface area contributed by atoms with Crippen LogP contribution in [0.25, 0.3) is 0 Å². The first-order valence-electron chi connectivity index (χ1n) is 6.40. The molecular formula is C15H20N2O2. The van der Waals surface area contributed by atoms with Crippen molar-refractivity contribution in [1.82, 2.24) is 4.90 Å². The predicted molar refractivity (Wildman–Crippen MR) is 74.2 cm³/mol. The van der Waals surface area contributed by atoms with Crippen molar-refractivity contribution in [2.45, 2.75) is 13.8 Å². The summed E-state index contributed by atoms with van der Waals surface area (Å²) < 4.78 is 5.19. The zero-order valence-electron chi connectivity index (χ0n) is 11.7. The quantitative estimate of drug-likeness (QED) is 0.706. The molecule has 0 saturated heterocycles. The van der Waals surface area contributed by atoms with E-state index in [1.807, 2.05) is 30.9 Å². The first-order chi connectivity index (χ1) is 9.12. The minimum Gasteiger partial charge on any atom is -0.496 e. The van der Waals surface area contributed by atoms with E-state index in [4.69, 9.17) is 10.00 Å². The first kappa shape index (κ1) is 15.2. The van der Waals surface area contributed by atoms with Gasteiger partial charge in [-0.25, -0.2) is 0 Å². The second-order valence-electron chi connectivity index (χ2n) is 4.48. The fraction of sp³-hybridized carbons (Fsp3) is 0.467. The number of nitriles is 1. The zero-order chi connectivity index (χ0) is 14.3. The van der Waals surface area contributed by atoms with E-state index in [9.17, 15) is 4.79 Å². The van der Waals surface area contributed by atoms with E-state index in [1.165, 1.54) is 0 Å². The van der Waals surface area contributed by atoms with Crippen LogP contribution in [-0.2, 0) is 0 Å². The van der Waals surface area contributed by atoms with E-state index in [1.54, 1.807) is 19.2 Å². The topological polar surface area (TPSA) is 53.3 Å². The molecule has 0 radical (unpaired) electrons. The predicted octanol–water partition coefficient (Wildman–Crippen LogP) is 2.36. The number of benzene rings is 1. The summed E-state index contributed by atoms with van der Waals surface area (Å²) in [5.74, 6) is 0.534. The summed E-state index contributed by atoms with van der Waals surface area (Å²) in [7, 11) is 1.56. The average Bonchev–Trinajstić information content (AvgIpc) is 2.45. The highest BCUT2D eigenvalue weighted by atomic mass is 16.5. The van der Waals surface area contributed by atoms with Crippen molar-refractivity contribution < 1.29 is 9.53 Å². The molecule has 1 aromatic carbocycles. The van der Waals surface area contributed by atoms with Crippen LogP contribution >= 0.6 is 0 Å². The molecule has 0 saturated carbocycles. The number of likely N-dealkylation sites (N-methyl/N-ethyl adjacent to an activating group) is 1. The smallest absolute Gasteiger partial charge is 0.180 e. The van der Waals surface area contributed by atoms with Crippen LogP contribution in [0.1, 0.15) is 24.2 Å². The van der Waals surface area contributed by atoms with Gasteiger partial charge in [0.2, 0.25) is 0 Å². The molecule has 0 aliphatic heterocycles. The van der Waals surface area contributed by atoms with Crippen molar-refractivity contribution >= 4 is 5.78 Å². The molecule has 0 spiro atoms. The standard InChI is InChI=1S/C15H20N2O2/c1-4-17(10-12(2)9-16)11-14(18)13-7-5-6-8-15(13)19-3/h5-8,12H,4,10-11H2,1-3H3. The summed E-state index contributed by atoms with van der Waals surface area (Å²) in [6.45, 7) is 5.50. The maximum Gasteiger partial charge on any atom is 0.180 e. The molecule has 0 aliphatic carbocycles. The summed E-state index contributed by atoms with van der Waals surface area (Å²) in [6.07, 6.45) is 0. The Hall–Kier alpha value is -1.86. The van der Waals surface area contributed by atoms with Gasteiger partial charge in [-0.3, -0.25) is 9.69 Å². The van der Waals surface area contributed by atoms with Crippen molar-refractivity contribution in [3.63, 3.8) is 0 Å². The van der Waals surface area contributed by atoms with Crippen molar-refractivity contribution in [2.24, 2.45) is 5.92 Å². The number of para-hydroxylation sites is 1. The fourth-order valence-corrected chi connectivity index (χ4v) is 1.90. The number of hydrogen-bond acceptors (Lipinski definition) is 4. The number of rotatable bonds is 7. The van der Waals surface area contributed by atoms with Gasteiger partial charge in [-0.2, -0.15) is 5.26 Å². The number of nitrogens with zero attached hydrogens (tertiary/aromatic N) is 2. The summed E-state index contributed by atoms with van der Waals surface area (Å²) in [5, 5.41) is 8.83. The molecule has 0 bridgehead atoms. The van der Waals surface area contributed by atoms with Crippen LogP contribution in [-0.4, -0.2) is 37.4 Å². The third-order valence-electron chi connectivity index (χ3n) is 2.97. The van der Waals surface area contributed by atoms with E-state index in [0.29, 0.717) is 24.4 Å². The lowest BCUT2D eigenvalue weighted by Gasteiger charge is -2.21. The van der Waals surface area contributed by atoms with Gasteiger partial charge in [-0.15, -0.1) is 0 Å². The molecule has 0 amide bonds. The van der Waals surface area contributed by atoms with Crippen molar-refractivity contribution in [3.8, 4) is 11.8 Å². The van der Waals surface area contributed by atoms with Gasteiger partial charge in [0.15, 0.2) is 5.78 Å². The van der Waals surface area contributed by atoms with Gasteiger partial charge in [-0.1, -0.05) is 19.1 Å². The molecule has 1 aromatic rings. The SMILES string of the molecule is CCN(CC(=O)c1ccccc1OC)CC(C)C#N. The molecule has 102 valence electrons. The van der Waals surface area contributed by atoms with Crippen molar-refractivity contribution in [2.75, 3.05) is 26.7 Å². The second kappa shape index (κ2) is 7.55. The van der Waals surface area contributed by atoms with Gasteiger partial charge in [0.05, 0.1) is 31.2 Å². The Labute approximate surface area is 114 Å². The molecule has 4 heteroatoms. The average molecular weight is 260 g/mol. The largest absolute Gasteiger partial charge is 0.496 e. The number of carbonyl (C=O) groups is 1. The molecular weight excluding hydrogens is 240 g/mol. The number of hydrogen-bond donors (Lipinski definition) is 0. The summed E-state index contributed by atoms with van der Waals surface area (Å²) in [4.78, 5) is 14.2. The first-order valence-corrected chi connectivity index (χ1v) is 6.40. The van der Waals surface area contributed by atoms with Crippen LogP contribution in [0.3, 0.4) is 0 Å². The summed E-state index contributed by atoms with van der Waals surface area (Å²) in [6, 6.07) is 9.40. The van der Waals surface area contributed by atoms with Gasteiger partial charge in [-0.05, 0) is 25.6 Å². The molecule has 0 aliphatic rings. The van der Waals surface area contributed by atoms with Crippen LogP contribution < -0.4 is 4.74 Å². The minimum absolute atomic E-state index is 0.0180. The maximum atomic E-state index is 12.3. The Morgan fingerprint density at radius 2 is 2.16 bits per heavy atom. The minimum atomic E-state index is -0.0783. The van der Waals surface area contributed by atoms with E-state index >= 15 is 0 Å². The molecule has 1 rings (SSSR count). The molecule has 1 unspecified atom stereocenters. The third-order valence-corrected chi connectivity index (χ3v) is 2.97. The number of Topliss-reactive ketones (excluding diaryl/α,β-unsaturated/α-hetero) is 1. The zero-order valence-corrected chi connectivity index (χ0v) is 11.7. The lowest BCUT2D eigenvalue weighted by Crippen LogP contribution is -2.33. The Kier molecular flexibility index (Phi) is 6.04. The molecule has 0 heterocycles. The summed E-state index contributed by atoms with van der Waals surface area (Å²) >= 11 is 0. The lowest BCUT2D eigenvalue weighted by atomic mass is 10.1. The number of ketones is 1. The van der Waals surface area contributed by atoms with E-state index in [-0.39, 0.29) is 11.7 Å². The van der Waals surface area contributed by atoms with Crippen molar-refractivity contribution in [3.05, 3.63) is 29.8 Å². The van der Waals surface area contributed by atoms with Crippen LogP contribution in [0.15, 0.2) is 24.3 Å². The number of carbonyl (C=O) groups excluding carboxylic acids is 1. The van der Waals surface area contributed by atoms with Gasteiger partial charge >= 0.3 is 0 Å². The van der Waals surface area contributed by atoms with Gasteiger partial charge < -0.3 is 4.74 Å². The Balaban J connectivity index is 2.75. The number of ether oxygens (including phenoxy) is 1. The number of methoxy groups -OCH3 is 1. The van der Waals surface area contributed by atoms with E-state index in [0.717, 1.165) is 6.54 Å². The Morgan fingerprint density at radius 1 is 1.47 bits per heavy atom. The lowest BCUT2D eigenvalue weighted by molar-refractivity contribution is 0.0926. The van der Waals surface area contributed by atoms with Crippen LogP contribution in [0.4, 0.5) is 0 Å². The van der Waals surface area contributed by atoms with Crippen LogP contribution in [0.5, 0.6) is 5.75 Å². The van der Waals surface area contributed by atoms with E-state index in [2.05, 4.69) is 6.07 Å². The highest BCUT2D eigenvalue weighted by molar-refractivity contribution is 6.00. The normalized spacial score (nSPS) is 11.9. The molecule has 0 aromatic heterocycles. The Bertz CT molecular complexity index is 465. The molecule has 1 atom stereocenters. The molecule has 19 heavy (non-hydrogen) atoms.